The minimum atomic E-state index is 0.0921. The van der Waals surface area contributed by atoms with Crippen LogP contribution < -0.4 is 4.74 Å². The molecule has 0 unspecified atom stereocenters. The zero-order valence-electron chi connectivity index (χ0n) is 17.1. The Kier molecular flexibility index (Phi) is 5.76. The predicted molar refractivity (Wildman–Crippen MR) is 116 cm³/mol. The first-order chi connectivity index (χ1) is 14.2. The molecule has 1 fully saturated rings. The summed E-state index contributed by atoms with van der Waals surface area (Å²) in [5, 5.41) is 0.908. The molecule has 3 aromatic rings. The molecule has 1 aliphatic heterocycles. The summed E-state index contributed by atoms with van der Waals surface area (Å²) in [5.41, 5.74) is 3.34. The summed E-state index contributed by atoms with van der Waals surface area (Å²) in [6, 6.07) is 17.6. The van der Waals surface area contributed by atoms with Gasteiger partial charge in [-0.1, -0.05) is 25.1 Å². The third kappa shape index (κ3) is 4.10. The van der Waals surface area contributed by atoms with Crippen LogP contribution in [0.15, 0.2) is 54.6 Å². The quantitative estimate of drug-likeness (QED) is 0.660. The summed E-state index contributed by atoms with van der Waals surface area (Å²) in [5.74, 6) is 0.894. The fraction of sp³-hybridized carbons (Fsp3) is 0.333. The first-order valence-corrected chi connectivity index (χ1v) is 10.3. The predicted octanol–water partition coefficient (Wildman–Crippen LogP) is 4.08. The van der Waals surface area contributed by atoms with Gasteiger partial charge in [0, 0.05) is 37.1 Å². The summed E-state index contributed by atoms with van der Waals surface area (Å²) in [6.45, 7) is 6.71. The number of para-hydroxylation sites is 1. The van der Waals surface area contributed by atoms with Gasteiger partial charge in [-0.05, 0) is 49.4 Å². The van der Waals surface area contributed by atoms with Crippen LogP contribution >= 0.6 is 0 Å². The van der Waals surface area contributed by atoms with Crippen molar-refractivity contribution in [1.29, 1.82) is 0 Å². The van der Waals surface area contributed by atoms with Crippen LogP contribution in [-0.4, -0.2) is 60.5 Å². The van der Waals surface area contributed by atoms with E-state index in [0.717, 1.165) is 72.6 Å². The Labute approximate surface area is 171 Å². The summed E-state index contributed by atoms with van der Waals surface area (Å²) in [7, 11) is 1.65. The summed E-state index contributed by atoms with van der Waals surface area (Å²) < 4.78 is 5.26. The zero-order valence-corrected chi connectivity index (χ0v) is 17.1. The van der Waals surface area contributed by atoms with E-state index in [1.807, 2.05) is 59.5 Å². The monoisotopic (exact) mass is 389 g/mol. The number of piperazine rings is 1. The lowest BCUT2D eigenvalue weighted by Crippen LogP contribution is -2.48. The van der Waals surface area contributed by atoms with Crippen LogP contribution in [0.5, 0.6) is 5.75 Å². The second-order valence-corrected chi connectivity index (χ2v) is 7.43. The topological polar surface area (TPSA) is 45.7 Å². The molecule has 5 heteroatoms. The van der Waals surface area contributed by atoms with Crippen molar-refractivity contribution in [2.45, 2.75) is 13.3 Å². The molecule has 150 valence electrons. The number of carbonyl (C=O) groups is 1. The van der Waals surface area contributed by atoms with Crippen molar-refractivity contribution in [3.8, 4) is 17.0 Å². The van der Waals surface area contributed by atoms with Gasteiger partial charge in [0.05, 0.1) is 23.9 Å². The lowest BCUT2D eigenvalue weighted by molar-refractivity contribution is 0.0639. The third-order valence-corrected chi connectivity index (χ3v) is 5.53. The Bertz CT molecular complexity index is 993. The van der Waals surface area contributed by atoms with Crippen molar-refractivity contribution >= 4 is 16.8 Å². The molecule has 2 aromatic carbocycles. The highest BCUT2D eigenvalue weighted by molar-refractivity contribution is 6.07. The number of aromatic nitrogens is 1. The van der Waals surface area contributed by atoms with Gasteiger partial charge in [0.1, 0.15) is 5.75 Å². The molecule has 0 N–H and O–H groups in total. The highest BCUT2D eigenvalue weighted by Crippen LogP contribution is 2.27. The number of methoxy groups -OCH3 is 1. The normalized spacial score (nSPS) is 14.9. The molecule has 0 aliphatic carbocycles. The highest BCUT2D eigenvalue weighted by Gasteiger charge is 2.24. The van der Waals surface area contributed by atoms with Crippen LogP contribution in [0.25, 0.3) is 22.2 Å². The smallest absolute Gasteiger partial charge is 0.254 e. The van der Waals surface area contributed by atoms with E-state index in [1.54, 1.807) is 7.11 Å². The van der Waals surface area contributed by atoms with Crippen LogP contribution in [0.1, 0.15) is 23.7 Å². The van der Waals surface area contributed by atoms with Gasteiger partial charge in [-0.2, -0.15) is 0 Å². The maximum atomic E-state index is 13.4. The van der Waals surface area contributed by atoms with Crippen molar-refractivity contribution < 1.29 is 9.53 Å². The Balaban J connectivity index is 1.68. The van der Waals surface area contributed by atoms with E-state index >= 15 is 0 Å². The van der Waals surface area contributed by atoms with Crippen LogP contribution in [-0.2, 0) is 0 Å². The largest absolute Gasteiger partial charge is 0.497 e. The molecule has 1 amide bonds. The number of rotatable bonds is 5. The Hall–Kier alpha value is -2.92. The van der Waals surface area contributed by atoms with E-state index < -0.39 is 0 Å². The SMILES string of the molecule is CCCN1CCN(C(=O)c2cc(-c3ccc(OC)cc3)nc3ccccc23)CC1. The number of fused-ring (bicyclic) bond motifs is 1. The number of benzene rings is 2. The Morgan fingerprint density at radius 2 is 1.76 bits per heavy atom. The fourth-order valence-electron chi connectivity index (χ4n) is 3.92. The zero-order chi connectivity index (χ0) is 20.2. The minimum absolute atomic E-state index is 0.0921. The van der Waals surface area contributed by atoms with Crippen molar-refractivity contribution in [3.05, 3.63) is 60.2 Å². The van der Waals surface area contributed by atoms with Gasteiger partial charge < -0.3 is 9.64 Å². The number of carbonyl (C=O) groups excluding carboxylic acids is 1. The summed E-state index contributed by atoms with van der Waals surface area (Å²) in [4.78, 5) is 22.6. The average Bonchev–Trinajstić information content (AvgIpc) is 2.78. The molecule has 0 bridgehead atoms. The van der Waals surface area contributed by atoms with Crippen LogP contribution in [0, 0.1) is 0 Å². The van der Waals surface area contributed by atoms with Gasteiger partial charge in [-0.3, -0.25) is 9.69 Å². The van der Waals surface area contributed by atoms with Crippen molar-refractivity contribution in [2.75, 3.05) is 39.8 Å². The molecular weight excluding hydrogens is 362 g/mol. The van der Waals surface area contributed by atoms with Gasteiger partial charge in [-0.25, -0.2) is 4.98 Å². The number of hydrogen-bond donors (Lipinski definition) is 0. The van der Waals surface area contributed by atoms with Crippen LogP contribution in [0.3, 0.4) is 0 Å². The number of nitrogens with zero attached hydrogens (tertiary/aromatic N) is 3. The summed E-state index contributed by atoms with van der Waals surface area (Å²) in [6.07, 6.45) is 1.15. The Morgan fingerprint density at radius 1 is 1.03 bits per heavy atom. The van der Waals surface area contributed by atoms with E-state index in [4.69, 9.17) is 9.72 Å². The maximum Gasteiger partial charge on any atom is 0.254 e. The van der Waals surface area contributed by atoms with Gasteiger partial charge in [-0.15, -0.1) is 0 Å². The van der Waals surface area contributed by atoms with Crippen LogP contribution in [0.2, 0.25) is 0 Å². The number of hydrogen-bond acceptors (Lipinski definition) is 4. The van der Waals surface area contributed by atoms with Gasteiger partial charge in [0.2, 0.25) is 0 Å². The maximum absolute atomic E-state index is 13.4. The molecule has 0 spiro atoms. The molecule has 1 aliphatic rings. The van der Waals surface area contributed by atoms with Crippen molar-refractivity contribution in [3.63, 3.8) is 0 Å². The molecule has 0 saturated carbocycles. The fourth-order valence-corrected chi connectivity index (χ4v) is 3.92. The molecule has 1 saturated heterocycles. The standard InChI is InChI=1S/C24H27N3O2/c1-3-12-26-13-15-27(16-14-26)24(28)21-17-23(18-8-10-19(29-2)11-9-18)25-22-7-5-4-6-20(21)22/h4-11,17H,3,12-16H2,1-2H3. The van der Waals surface area contributed by atoms with Crippen molar-refractivity contribution in [2.24, 2.45) is 0 Å². The van der Waals surface area contributed by atoms with E-state index in [-0.39, 0.29) is 5.91 Å². The second kappa shape index (κ2) is 8.62. The molecule has 1 aromatic heterocycles. The van der Waals surface area contributed by atoms with Gasteiger partial charge in [0.15, 0.2) is 0 Å². The lowest BCUT2D eigenvalue weighted by atomic mass is 10.0. The van der Waals surface area contributed by atoms with Gasteiger partial charge >= 0.3 is 0 Å². The van der Waals surface area contributed by atoms with E-state index in [9.17, 15) is 4.79 Å². The number of pyridine rings is 1. The Morgan fingerprint density at radius 3 is 2.45 bits per heavy atom. The van der Waals surface area contributed by atoms with Crippen LogP contribution in [0.4, 0.5) is 0 Å². The lowest BCUT2D eigenvalue weighted by Gasteiger charge is -2.34. The molecule has 29 heavy (non-hydrogen) atoms. The molecule has 2 heterocycles. The van der Waals surface area contributed by atoms with E-state index in [0.29, 0.717) is 0 Å². The van der Waals surface area contributed by atoms with Crippen molar-refractivity contribution in [1.82, 2.24) is 14.8 Å². The van der Waals surface area contributed by atoms with E-state index in [1.165, 1.54) is 0 Å². The first-order valence-electron chi connectivity index (χ1n) is 10.3. The second-order valence-electron chi connectivity index (χ2n) is 7.43. The molecule has 4 rings (SSSR count). The highest BCUT2D eigenvalue weighted by atomic mass is 16.5. The molecular formula is C24H27N3O2. The van der Waals surface area contributed by atoms with E-state index in [2.05, 4.69) is 11.8 Å². The van der Waals surface area contributed by atoms with Gasteiger partial charge in [0.25, 0.3) is 5.91 Å². The average molecular weight is 389 g/mol. The first kappa shape index (κ1) is 19.4. The molecule has 0 atom stereocenters. The minimum Gasteiger partial charge on any atom is -0.497 e. The molecule has 0 radical (unpaired) electrons. The number of amides is 1. The third-order valence-electron chi connectivity index (χ3n) is 5.53. The molecule has 5 nitrogen and oxygen atoms in total. The number of ether oxygens (including phenoxy) is 1. The summed E-state index contributed by atoms with van der Waals surface area (Å²) >= 11 is 0.